The first kappa shape index (κ1) is 22.5. The third-order valence-electron chi connectivity index (χ3n) is 9.71. The zero-order valence-corrected chi connectivity index (χ0v) is 21.1. The average Bonchev–Trinajstić information content (AvgIpc) is 2.88. The SMILES string of the molecule is C=c1cnc(=C2Nc3ccccc3N(C3CC4CCCC(C3)N4C3CC4CCCC(C4)C3)C2=O)cn1. The number of carbonyl (C=O) groups excluding carboxylic acids is 1. The van der Waals surface area contributed by atoms with Crippen LogP contribution in [0.5, 0.6) is 0 Å². The molecule has 6 nitrogen and oxygen atoms in total. The largest absolute Gasteiger partial charge is 0.347 e. The van der Waals surface area contributed by atoms with Crippen LogP contribution in [0.4, 0.5) is 11.4 Å². The van der Waals surface area contributed by atoms with Crippen LogP contribution >= 0.6 is 0 Å². The van der Waals surface area contributed by atoms with Gasteiger partial charge in [-0.3, -0.25) is 19.7 Å². The molecule has 3 aliphatic heterocycles. The van der Waals surface area contributed by atoms with E-state index in [1.807, 2.05) is 12.1 Å². The van der Waals surface area contributed by atoms with E-state index < -0.39 is 0 Å². The summed E-state index contributed by atoms with van der Waals surface area (Å²) < 4.78 is 0. The maximum Gasteiger partial charge on any atom is 0.277 e. The molecule has 2 saturated carbocycles. The minimum atomic E-state index is 0.0172. The van der Waals surface area contributed by atoms with Gasteiger partial charge in [0.05, 0.1) is 29.1 Å². The number of aromatic nitrogens is 2. The van der Waals surface area contributed by atoms with Gasteiger partial charge in [-0.1, -0.05) is 44.4 Å². The normalized spacial score (nSPS) is 35.7. The Morgan fingerprint density at radius 2 is 1.53 bits per heavy atom. The Balaban J connectivity index is 1.21. The van der Waals surface area contributed by atoms with Crippen molar-refractivity contribution in [2.45, 2.75) is 94.8 Å². The van der Waals surface area contributed by atoms with Crippen LogP contribution in [0, 0.1) is 11.8 Å². The van der Waals surface area contributed by atoms with Gasteiger partial charge >= 0.3 is 0 Å². The van der Waals surface area contributed by atoms with E-state index in [2.05, 4.69) is 43.8 Å². The molecule has 6 heteroatoms. The maximum absolute atomic E-state index is 14.0. The molecule has 2 saturated heterocycles. The second-order valence-electron chi connectivity index (χ2n) is 11.9. The van der Waals surface area contributed by atoms with E-state index >= 15 is 0 Å². The lowest BCUT2D eigenvalue weighted by Gasteiger charge is -2.56. The first-order chi connectivity index (χ1) is 17.6. The number of piperidine rings is 2. The Kier molecular flexibility index (Phi) is 5.61. The monoisotopic (exact) mass is 483 g/mol. The van der Waals surface area contributed by atoms with Crippen LogP contribution in [-0.4, -0.2) is 44.9 Å². The second-order valence-corrected chi connectivity index (χ2v) is 11.9. The molecule has 0 spiro atoms. The summed E-state index contributed by atoms with van der Waals surface area (Å²) in [5.74, 6) is 1.92. The van der Waals surface area contributed by atoms with Crippen molar-refractivity contribution in [3.8, 4) is 0 Å². The summed E-state index contributed by atoms with van der Waals surface area (Å²) in [6, 6.07) is 10.4. The molecule has 1 aromatic carbocycles. The highest BCUT2D eigenvalue weighted by atomic mass is 16.2. The second kappa shape index (κ2) is 8.98. The topological polar surface area (TPSA) is 61.4 Å². The molecule has 188 valence electrons. The molecule has 4 fully saturated rings. The predicted molar refractivity (Wildman–Crippen MR) is 143 cm³/mol. The highest BCUT2D eigenvalue weighted by Gasteiger charge is 2.47. The molecule has 36 heavy (non-hydrogen) atoms. The number of fused-ring (bicyclic) bond motifs is 5. The first-order valence-corrected chi connectivity index (χ1v) is 14.1. The van der Waals surface area contributed by atoms with Gasteiger partial charge in [-0.05, 0) is 68.9 Å². The van der Waals surface area contributed by atoms with Gasteiger partial charge in [-0.2, -0.15) is 0 Å². The fourth-order valence-electron chi connectivity index (χ4n) is 8.36. The number of para-hydroxylation sites is 2. The van der Waals surface area contributed by atoms with Gasteiger partial charge < -0.3 is 10.2 Å². The standard InChI is InChI=1S/C30H37N5O/c1-19-17-32-27(18-31-19)29-30(36)35(28-11-3-2-10-26(28)33-29)25-15-22-8-5-9-23(16-25)34(22)24-13-20-6-4-7-21(12-20)14-24/h2-3,10-11,17-18,20-25,33H,1,4-9,12-16H2. The van der Waals surface area contributed by atoms with Crippen molar-refractivity contribution >= 4 is 29.6 Å². The van der Waals surface area contributed by atoms with Gasteiger partial charge in [-0.15, -0.1) is 0 Å². The van der Waals surface area contributed by atoms with Gasteiger partial charge in [0.1, 0.15) is 11.0 Å². The maximum atomic E-state index is 14.0. The Bertz CT molecular complexity index is 1230. The van der Waals surface area contributed by atoms with Gasteiger partial charge in [0, 0.05) is 24.2 Å². The molecule has 2 aliphatic carbocycles. The van der Waals surface area contributed by atoms with Gasteiger partial charge in [0.15, 0.2) is 0 Å². The molecule has 2 aromatic rings. The van der Waals surface area contributed by atoms with E-state index in [0.29, 0.717) is 28.5 Å². The molecular weight excluding hydrogens is 446 g/mol. The summed E-state index contributed by atoms with van der Waals surface area (Å²) in [7, 11) is 0. The quantitative estimate of drug-likeness (QED) is 0.704. The van der Waals surface area contributed by atoms with Crippen LogP contribution in [0.2, 0.25) is 0 Å². The minimum Gasteiger partial charge on any atom is -0.347 e. The van der Waals surface area contributed by atoms with E-state index in [9.17, 15) is 4.79 Å². The van der Waals surface area contributed by atoms with Crippen molar-refractivity contribution < 1.29 is 4.79 Å². The van der Waals surface area contributed by atoms with Crippen LogP contribution in [0.3, 0.4) is 0 Å². The van der Waals surface area contributed by atoms with Crippen molar-refractivity contribution in [3.05, 3.63) is 47.4 Å². The summed E-state index contributed by atoms with van der Waals surface area (Å²) in [6.07, 6.45) is 17.9. The average molecular weight is 484 g/mol. The molecule has 4 unspecified atom stereocenters. The van der Waals surface area contributed by atoms with E-state index in [0.717, 1.165) is 42.1 Å². The number of anilines is 2. The smallest absolute Gasteiger partial charge is 0.277 e. The molecule has 4 heterocycles. The molecule has 7 rings (SSSR count). The third-order valence-corrected chi connectivity index (χ3v) is 9.71. The molecular formula is C30H37N5O. The molecule has 1 amide bonds. The molecule has 4 atom stereocenters. The number of nitrogens with zero attached hydrogens (tertiary/aromatic N) is 4. The van der Waals surface area contributed by atoms with Crippen molar-refractivity contribution in [2.75, 3.05) is 10.2 Å². The van der Waals surface area contributed by atoms with Crippen LogP contribution in [-0.2, 0) is 4.79 Å². The van der Waals surface area contributed by atoms with Gasteiger partial charge in [0.2, 0.25) is 0 Å². The molecule has 1 aromatic heterocycles. The highest BCUT2D eigenvalue weighted by Crippen LogP contribution is 2.47. The van der Waals surface area contributed by atoms with E-state index in [4.69, 9.17) is 0 Å². The predicted octanol–water partition coefficient (Wildman–Crippen LogP) is 3.81. The molecule has 1 N–H and O–H groups in total. The number of carbonyl (C=O) groups is 1. The Morgan fingerprint density at radius 3 is 2.25 bits per heavy atom. The highest BCUT2D eigenvalue weighted by molar-refractivity contribution is 6.27. The Hall–Kier alpha value is -2.73. The van der Waals surface area contributed by atoms with Crippen LogP contribution < -0.4 is 20.9 Å². The number of hydrogen-bond donors (Lipinski definition) is 1. The minimum absolute atomic E-state index is 0.0172. The van der Waals surface area contributed by atoms with E-state index in [1.165, 1.54) is 57.8 Å². The number of nitrogens with one attached hydrogen (secondary N) is 1. The zero-order valence-electron chi connectivity index (χ0n) is 21.1. The fourth-order valence-corrected chi connectivity index (χ4v) is 8.36. The third kappa shape index (κ3) is 3.85. The van der Waals surface area contributed by atoms with Crippen molar-refractivity contribution in [1.82, 2.24) is 14.9 Å². The lowest BCUT2D eigenvalue weighted by Crippen LogP contribution is -2.62. The number of rotatable bonds is 2. The van der Waals surface area contributed by atoms with Crippen molar-refractivity contribution in [2.24, 2.45) is 11.8 Å². The van der Waals surface area contributed by atoms with Crippen molar-refractivity contribution in [1.29, 1.82) is 0 Å². The Morgan fingerprint density at radius 1 is 0.806 bits per heavy atom. The van der Waals surface area contributed by atoms with Gasteiger partial charge in [-0.25, -0.2) is 0 Å². The number of benzene rings is 1. The van der Waals surface area contributed by atoms with Crippen LogP contribution in [0.25, 0.3) is 12.3 Å². The summed E-state index contributed by atoms with van der Waals surface area (Å²) in [5.41, 5.74) is 2.49. The lowest BCUT2D eigenvalue weighted by molar-refractivity contribution is -0.115. The molecule has 0 radical (unpaired) electrons. The summed E-state index contributed by atoms with van der Waals surface area (Å²) in [6.45, 7) is 3.84. The van der Waals surface area contributed by atoms with Crippen LogP contribution in [0.1, 0.15) is 70.6 Å². The summed E-state index contributed by atoms with van der Waals surface area (Å²) in [5, 5.41) is 4.56. The Labute approximate surface area is 213 Å². The molecule has 4 bridgehead atoms. The van der Waals surface area contributed by atoms with E-state index in [-0.39, 0.29) is 11.9 Å². The summed E-state index contributed by atoms with van der Waals surface area (Å²) in [4.78, 5) is 27.9. The fraction of sp³-hybridized carbons (Fsp3) is 0.567. The first-order valence-electron chi connectivity index (χ1n) is 14.1. The van der Waals surface area contributed by atoms with Gasteiger partial charge in [0.25, 0.3) is 5.91 Å². The summed E-state index contributed by atoms with van der Waals surface area (Å²) >= 11 is 0. The van der Waals surface area contributed by atoms with E-state index in [1.54, 1.807) is 12.4 Å². The number of hydrogen-bond acceptors (Lipinski definition) is 5. The number of amides is 1. The molecule has 5 aliphatic rings. The van der Waals surface area contributed by atoms with Crippen molar-refractivity contribution in [3.63, 3.8) is 0 Å². The zero-order chi connectivity index (χ0) is 24.2. The van der Waals surface area contributed by atoms with Crippen LogP contribution in [0.15, 0.2) is 36.7 Å². The lowest BCUT2D eigenvalue weighted by atomic mass is 9.68.